The fourth-order valence-electron chi connectivity index (χ4n) is 2.41. The summed E-state index contributed by atoms with van der Waals surface area (Å²) in [5.74, 6) is 1.26. The van der Waals surface area contributed by atoms with Crippen molar-refractivity contribution in [2.75, 3.05) is 7.11 Å². The maximum atomic E-state index is 12.1. The lowest BCUT2D eigenvalue weighted by atomic mass is 9.84. The number of halogens is 1. The molecular formula is C14H12BrNO2S. The molecule has 19 heavy (non-hydrogen) atoms. The topological polar surface area (TPSA) is 39.2 Å². The van der Waals surface area contributed by atoms with E-state index in [2.05, 4.69) is 20.9 Å². The second kappa shape index (κ2) is 5.06. The fourth-order valence-corrected chi connectivity index (χ4v) is 3.88. The SMILES string of the molecule is COc1ccc(C2CC(=O)c3sc(Br)nc3C2)cc1. The van der Waals surface area contributed by atoms with Crippen LogP contribution in [0.25, 0.3) is 0 Å². The molecule has 5 heteroatoms. The molecule has 0 N–H and O–H groups in total. The number of hydrogen-bond acceptors (Lipinski definition) is 4. The van der Waals surface area contributed by atoms with Crippen molar-refractivity contribution in [1.29, 1.82) is 0 Å². The molecule has 98 valence electrons. The van der Waals surface area contributed by atoms with Gasteiger partial charge in [0.25, 0.3) is 0 Å². The molecule has 0 fully saturated rings. The molecule has 2 aromatic rings. The highest BCUT2D eigenvalue weighted by Gasteiger charge is 2.29. The predicted molar refractivity (Wildman–Crippen MR) is 78.2 cm³/mol. The fraction of sp³-hybridized carbons (Fsp3) is 0.286. The van der Waals surface area contributed by atoms with Gasteiger partial charge in [-0.2, -0.15) is 0 Å². The van der Waals surface area contributed by atoms with Crippen LogP contribution in [0.4, 0.5) is 0 Å². The second-order valence-electron chi connectivity index (χ2n) is 4.54. The monoisotopic (exact) mass is 337 g/mol. The Labute approximate surface area is 123 Å². The van der Waals surface area contributed by atoms with E-state index in [1.165, 1.54) is 16.9 Å². The third-order valence-electron chi connectivity index (χ3n) is 3.38. The summed E-state index contributed by atoms with van der Waals surface area (Å²) >= 11 is 4.79. The lowest BCUT2D eigenvalue weighted by Crippen LogP contribution is -2.17. The predicted octanol–water partition coefficient (Wildman–Crippen LogP) is 3.83. The molecule has 0 saturated carbocycles. The van der Waals surface area contributed by atoms with E-state index in [9.17, 15) is 4.79 Å². The summed E-state index contributed by atoms with van der Waals surface area (Å²) in [6.45, 7) is 0. The Bertz CT molecular complexity index is 621. The number of carbonyl (C=O) groups excluding carboxylic acids is 1. The van der Waals surface area contributed by atoms with Gasteiger partial charge in [-0.05, 0) is 46.0 Å². The zero-order chi connectivity index (χ0) is 13.4. The molecule has 1 aromatic carbocycles. The van der Waals surface area contributed by atoms with Gasteiger partial charge in [0.15, 0.2) is 9.70 Å². The van der Waals surface area contributed by atoms with Crippen molar-refractivity contribution in [2.24, 2.45) is 0 Å². The first-order valence-electron chi connectivity index (χ1n) is 5.99. The third-order valence-corrected chi connectivity index (χ3v) is 4.97. The lowest BCUT2D eigenvalue weighted by Gasteiger charge is -2.20. The number of nitrogens with zero attached hydrogens (tertiary/aromatic N) is 1. The Morgan fingerprint density at radius 3 is 2.74 bits per heavy atom. The van der Waals surface area contributed by atoms with Crippen molar-refractivity contribution in [3.63, 3.8) is 0 Å². The van der Waals surface area contributed by atoms with Crippen LogP contribution in [0.3, 0.4) is 0 Å². The first-order chi connectivity index (χ1) is 9.17. The van der Waals surface area contributed by atoms with Crippen LogP contribution in [0.15, 0.2) is 28.2 Å². The molecule has 0 bridgehead atoms. The molecular weight excluding hydrogens is 326 g/mol. The molecule has 0 amide bonds. The van der Waals surface area contributed by atoms with Crippen molar-refractivity contribution < 1.29 is 9.53 Å². The average Bonchev–Trinajstić information content (AvgIpc) is 2.80. The number of ether oxygens (including phenoxy) is 1. The van der Waals surface area contributed by atoms with E-state index in [0.29, 0.717) is 6.42 Å². The minimum Gasteiger partial charge on any atom is -0.497 e. The van der Waals surface area contributed by atoms with Gasteiger partial charge in [-0.25, -0.2) is 4.98 Å². The van der Waals surface area contributed by atoms with E-state index in [0.717, 1.165) is 26.7 Å². The van der Waals surface area contributed by atoms with Crippen LogP contribution in [0, 0.1) is 0 Å². The number of Topliss-reactive ketones (excluding diaryl/α,β-unsaturated/α-hetero) is 1. The Hall–Kier alpha value is -1.20. The number of aromatic nitrogens is 1. The van der Waals surface area contributed by atoms with Crippen LogP contribution >= 0.6 is 27.3 Å². The van der Waals surface area contributed by atoms with E-state index < -0.39 is 0 Å². The number of methoxy groups -OCH3 is 1. The van der Waals surface area contributed by atoms with E-state index in [1.807, 2.05) is 24.3 Å². The number of fused-ring (bicyclic) bond motifs is 1. The molecule has 1 aromatic heterocycles. The maximum absolute atomic E-state index is 12.1. The summed E-state index contributed by atoms with van der Waals surface area (Å²) < 4.78 is 5.95. The Balaban J connectivity index is 1.89. The smallest absolute Gasteiger partial charge is 0.175 e. The molecule has 1 aliphatic carbocycles. The minimum atomic E-state index is 0.199. The van der Waals surface area contributed by atoms with Gasteiger partial charge in [-0.15, -0.1) is 11.3 Å². The van der Waals surface area contributed by atoms with Crippen molar-refractivity contribution in [3.05, 3.63) is 44.3 Å². The summed E-state index contributed by atoms with van der Waals surface area (Å²) in [6.07, 6.45) is 1.39. The second-order valence-corrected chi connectivity index (χ2v) is 6.82. The molecule has 1 unspecified atom stereocenters. The third kappa shape index (κ3) is 2.44. The summed E-state index contributed by atoms with van der Waals surface area (Å²) in [6, 6.07) is 7.94. The molecule has 3 nitrogen and oxygen atoms in total. The summed E-state index contributed by atoms with van der Waals surface area (Å²) in [5, 5.41) is 0. The molecule has 0 radical (unpaired) electrons. The van der Waals surface area contributed by atoms with E-state index in [-0.39, 0.29) is 11.7 Å². The van der Waals surface area contributed by atoms with Gasteiger partial charge in [0, 0.05) is 6.42 Å². The average molecular weight is 338 g/mol. The first-order valence-corrected chi connectivity index (χ1v) is 7.60. The van der Waals surface area contributed by atoms with Crippen LogP contribution < -0.4 is 4.74 Å². The Morgan fingerprint density at radius 2 is 2.05 bits per heavy atom. The van der Waals surface area contributed by atoms with Gasteiger partial charge in [-0.3, -0.25) is 4.79 Å². The Kier molecular flexibility index (Phi) is 3.41. The molecule has 0 spiro atoms. The quantitative estimate of drug-likeness (QED) is 0.835. The number of ketones is 1. The Morgan fingerprint density at radius 1 is 1.32 bits per heavy atom. The molecule has 1 heterocycles. The van der Waals surface area contributed by atoms with Gasteiger partial charge in [0.1, 0.15) is 5.75 Å². The summed E-state index contributed by atoms with van der Waals surface area (Å²) in [4.78, 5) is 17.3. The lowest BCUT2D eigenvalue weighted by molar-refractivity contribution is 0.0968. The van der Waals surface area contributed by atoms with Crippen LogP contribution in [0.1, 0.15) is 33.3 Å². The summed E-state index contributed by atoms with van der Waals surface area (Å²) in [5.41, 5.74) is 2.10. The van der Waals surface area contributed by atoms with E-state index in [4.69, 9.17) is 4.74 Å². The van der Waals surface area contributed by atoms with Crippen LogP contribution in [-0.4, -0.2) is 17.9 Å². The standard InChI is InChI=1S/C14H12BrNO2S/c1-18-10-4-2-8(3-5-10)9-6-11-13(12(17)7-9)19-14(15)16-11/h2-5,9H,6-7H2,1H3. The van der Waals surface area contributed by atoms with E-state index in [1.54, 1.807) is 7.11 Å². The van der Waals surface area contributed by atoms with Crippen LogP contribution in [0.5, 0.6) is 5.75 Å². The number of benzene rings is 1. The number of carbonyl (C=O) groups is 1. The number of thiazole rings is 1. The molecule has 0 aliphatic heterocycles. The van der Waals surface area contributed by atoms with Gasteiger partial charge in [0.2, 0.25) is 0 Å². The molecule has 3 rings (SSSR count). The van der Waals surface area contributed by atoms with Crippen molar-refractivity contribution in [3.8, 4) is 5.75 Å². The van der Waals surface area contributed by atoms with Crippen LogP contribution in [-0.2, 0) is 6.42 Å². The van der Waals surface area contributed by atoms with E-state index >= 15 is 0 Å². The number of hydrogen-bond donors (Lipinski definition) is 0. The van der Waals surface area contributed by atoms with Gasteiger partial charge >= 0.3 is 0 Å². The zero-order valence-electron chi connectivity index (χ0n) is 10.4. The highest BCUT2D eigenvalue weighted by atomic mass is 79.9. The highest BCUT2D eigenvalue weighted by molar-refractivity contribution is 9.11. The largest absolute Gasteiger partial charge is 0.497 e. The zero-order valence-corrected chi connectivity index (χ0v) is 12.8. The maximum Gasteiger partial charge on any atom is 0.175 e. The van der Waals surface area contributed by atoms with Crippen LogP contribution in [0.2, 0.25) is 0 Å². The van der Waals surface area contributed by atoms with Gasteiger partial charge < -0.3 is 4.74 Å². The first kappa shape index (κ1) is 12.8. The minimum absolute atomic E-state index is 0.199. The molecule has 0 saturated heterocycles. The summed E-state index contributed by atoms with van der Waals surface area (Å²) in [7, 11) is 1.65. The van der Waals surface area contributed by atoms with Crippen molar-refractivity contribution in [2.45, 2.75) is 18.8 Å². The van der Waals surface area contributed by atoms with Gasteiger partial charge in [-0.1, -0.05) is 12.1 Å². The van der Waals surface area contributed by atoms with Crippen molar-refractivity contribution in [1.82, 2.24) is 4.98 Å². The highest BCUT2D eigenvalue weighted by Crippen LogP contribution is 2.36. The van der Waals surface area contributed by atoms with Crippen molar-refractivity contribution >= 4 is 33.0 Å². The normalized spacial score (nSPS) is 18.2. The van der Waals surface area contributed by atoms with Gasteiger partial charge in [0.05, 0.1) is 17.7 Å². The molecule has 1 atom stereocenters. The molecule has 1 aliphatic rings. The number of rotatable bonds is 2.